The molecule has 0 aromatic carbocycles. The molecule has 0 spiro atoms. The first kappa shape index (κ1) is 12.1. The second-order valence-corrected chi connectivity index (χ2v) is 6.06. The van der Waals surface area contributed by atoms with Crippen LogP contribution in [0.5, 0.6) is 0 Å². The highest BCUT2D eigenvalue weighted by molar-refractivity contribution is 8.00. The summed E-state index contributed by atoms with van der Waals surface area (Å²) in [6.07, 6.45) is -5.67. The largest absolute Gasteiger partial charge is 0.390 e. The smallest absolute Gasteiger partial charge is 0.212 e. The Balaban J connectivity index is 2.50. The molecule has 1 aliphatic heterocycles. The number of thioether (sulfide) groups is 1. The van der Waals surface area contributed by atoms with Crippen LogP contribution in [-0.2, 0) is 10.0 Å². The minimum Gasteiger partial charge on any atom is -0.212 e. The predicted molar refractivity (Wildman–Crippen MR) is 48.5 cm³/mol. The van der Waals surface area contributed by atoms with Gasteiger partial charge in [-0.25, -0.2) is 8.42 Å². The third-order valence-electron chi connectivity index (χ3n) is 1.76. The second kappa shape index (κ2) is 4.28. The molecule has 0 bridgehead atoms. The highest BCUT2D eigenvalue weighted by Gasteiger charge is 2.33. The van der Waals surface area contributed by atoms with Crippen molar-refractivity contribution in [2.45, 2.75) is 12.6 Å². The van der Waals surface area contributed by atoms with Crippen LogP contribution in [-0.4, -0.2) is 42.8 Å². The van der Waals surface area contributed by atoms with Crippen molar-refractivity contribution in [3.63, 3.8) is 0 Å². The topological polar surface area (TPSA) is 37.4 Å². The quantitative estimate of drug-likeness (QED) is 0.756. The monoisotopic (exact) mass is 249 g/mol. The molecule has 0 N–H and O–H groups in total. The van der Waals surface area contributed by atoms with Gasteiger partial charge in [-0.1, -0.05) is 0 Å². The van der Waals surface area contributed by atoms with Crippen LogP contribution in [0.4, 0.5) is 13.2 Å². The lowest BCUT2D eigenvalue weighted by Gasteiger charge is -2.15. The van der Waals surface area contributed by atoms with Crippen molar-refractivity contribution in [1.82, 2.24) is 4.31 Å². The lowest BCUT2D eigenvalue weighted by atomic mass is 10.5. The maximum absolute atomic E-state index is 11.8. The van der Waals surface area contributed by atoms with Crippen molar-refractivity contribution in [2.75, 3.05) is 23.9 Å². The minimum absolute atomic E-state index is 0.278. The van der Waals surface area contributed by atoms with Crippen molar-refractivity contribution in [3.8, 4) is 0 Å². The van der Waals surface area contributed by atoms with E-state index < -0.39 is 28.4 Å². The van der Waals surface area contributed by atoms with E-state index in [0.717, 1.165) is 4.31 Å². The molecule has 14 heavy (non-hydrogen) atoms. The molecule has 8 heteroatoms. The molecule has 3 nitrogen and oxygen atoms in total. The minimum atomic E-state index is -4.40. The third kappa shape index (κ3) is 3.66. The van der Waals surface area contributed by atoms with Crippen LogP contribution in [0.15, 0.2) is 0 Å². The van der Waals surface area contributed by atoms with Gasteiger partial charge in [0.25, 0.3) is 0 Å². The molecular formula is C6H10F3NO2S2. The van der Waals surface area contributed by atoms with Gasteiger partial charge < -0.3 is 0 Å². The summed E-state index contributed by atoms with van der Waals surface area (Å²) in [6, 6.07) is 0. The lowest BCUT2D eigenvalue weighted by Crippen LogP contribution is -2.32. The van der Waals surface area contributed by atoms with E-state index in [0.29, 0.717) is 12.3 Å². The first-order valence-electron chi connectivity index (χ1n) is 3.93. The summed E-state index contributed by atoms with van der Waals surface area (Å²) in [5, 5.41) is 0. The van der Waals surface area contributed by atoms with Crippen molar-refractivity contribution >= 4 is 21.8 Å². The molecule has 0 aliphatic carbocycles. The van der Waals surface area contributed by atoms with E-state index in [1.54, 1.807) is 0 Å². The van der Waals surface area contributed by atoms with Crippen LogP contribution in [0.2, 0.25) is 0 Å². The van der Waals surface area contributed by atoms with Crippen LogP contribution in [0, 0.1) is 0 Å². The Morgan fingerprint density at radius 1 is 1.36 bits per heavy atom. The molecule has 1 aliphatic rings. The first-order chi connectivity index (χ1) is 6.31. The summed E-state index contributed by atoms with van der Waals surface area (Å²) < 4.78 is 59.0. The van der Waals surface area contributed by atoms with E-state index in [9.17, 15) is 21.6 Å². The van der Waals surface area contributed by atoms with Gasteiger partial charge in [0.1, 0.15) is 0 Å². The van der Waals surface area contributed by atoms with Crippen molar-refractivity contribution in [3.05, 3.63) is 0 Å². The maximum Gasteiger partial charge on any atom is 0.390 e. The third-order valence-corrected chi connectivity index (χ3v) is 4.70. The fraction of sp³-hybridized carbons (Fsp3) is 1.00. The van der Waals surface area contributed by atoms with Gasteiger partial charge in [0, 0.05) is 12.3 Å². The van der Waals surface area contributed by atoms with Gasteiger partial charge in [0.2, 0.25) is 10.0 Å². The highest BCUT2D eigenvalue weighted by atomic mass is 32.2. The summed E-state index contributed by atoms with van der Waals surface area (Å²) >= 11 is 1.41. The van der Waals surface area contributed by atoms with Crippen LogP contribution in [0.3, 0.4) is 0 Å². The molecule has 1 rings (SSSR count). The van der Waals surface area contributed by atoms with Crippen molar-refractivity contribution in [1.29, 1.82) is 0 Å². The van der Waals surface area contributed by atoms with E-state index >= 15 is 0 Å². The Hall–Kier alpha value is 0.0500. The normalized spacial score (nSPS) is 20.2. The molecule has 0 saturated carbocycles. The number of rotatable bonds is 3. The lowest BCUT2D eigenvalue weighted by molar-refractivity contribution is -0.130. The molecule has 1 fully saturated rings. The van der Waals surface area contributed by atoms with E-state index in [1.165, 1.54) is 11.8 Å². The molecular weight excluding hydrogens is 239 g/mol. The van der Waals surface area contributed by atoms with Crippen molar-refractivity contribution in [2.24, 2.45) is 0 Å². The predicted octanol–water partition coefficient (Wildman–Crippen LogP) is 1.27. The van der Waals surface area contributed by atoms with Gasteiger partial charge >= 0.3 is 6.18 Å². The molecule has 0 aromatic heterocycles. The molecule has 1 heterocycles. The Labute approximate surface area is 84.7 Å². The van der Waals surface area contributed by atoms with Gasteiger partial charge in [-0.2, -0.15) is 17.5 Å². The van der Waals surface area contributed by atoms with Crippen LogP contribution >= 0.6 is 11.8 Å². The second-order valence-electron chi connectivity index (χ2n) is 2.89. The summed E-state index contributed by atoms with van der Waals surface area (Å²) in [5.74, 6) is 0.0997. The Kier molecular flexibility index (Phi) is 3.70. The summed E-state index contributed by atoms with van der Waals surface area (Å²) in [4.78, 5) is 0. The van der Waals surface area contributed by atoms with Crippen LogP contribution in [0.25, 0.3) is 0 Å². The number of nitrogens with zero attached hydrogens (tertiary/aromatic N) is 1. The zero-order valence-electron chi connectivity index (χ0n) is 7.25. The van der Waals surface area contributed by atoms with Gasteiger partial charge in [0.05, 0.1) is 18.1 Å². The van der Waals surface area contributed by atoms with E-state index in [-0.39, 0.29) is 5.88 Å². The zero-order chi connectivity index (χ0) is 10.8. The fourth-order valence-corrected chi connectivity index (χ4v) is 3.90. The Morgan fingerprint density at radius 3 is 2.43 bits per heavy atom. The van der Waals surface area contributed by atoms with E-state index in [4.69, 9.17) is 0 Å². The first-order valence-corrected chi connectivity index (χ1v) is 6.70. The molecule has 0 radical (unpaired) electrons. The van der Waals surface area contributed by atoms with Gasteiger partial charge in [-0.05, 0) is 0 Å². The molecule has 84 valence electrons. The number of alkyl halides is 3. The fourth-order valence-electron chi connectivity index (χ4n) is 0.990. The SMILES string of the molecule is O=S(=O)(CCC(F)(F)F)N1CCSC1. The molecule has 1 saturated heterocycles. The molecule has 0 aromatic rings. The van der Waals surface area contributed by atoms with E-state index in [1.807, 2.05) is 0 Å². The number of halogens is 3. The zero-order valence-corrected chi connectivity index (χ0v) is 8.88. The Morgan fingerprint density at radius 2 is 2.00 bits per heavy atom. The summed E-state index contributed by atoms with van der Waals surface area (Å²) in [7, 11) is -3.70. The molecule has 0 amide bonds. The van der Waals surface area contributed by atoms with E-state index in [2.05, 4.69) is 0 Å². The van der Waals surface area contributed by atoms with Crippen LogP contribution < -0.4 is 0 Å². The van der Waals surface area contributed by atoms with Crippen LogP contribution in [0.1, 0.15) is 6.42 Å². The maximum atomic E-state index is 11.8. The average molecular weight is 249 g/mol. The number of sulfonamides is 1. The molecule has 0 unspecified atom stereocenters. The summed E-state index contributed by atoms with van der Waals surface area (Å²) in [6.45, 7) is 0.324. The average Bonchev–Trinajstić information content (AvgIpc) is 2.52. The van der Waals surface area contributed by atoms with Crippen molar-refractivity contribution < 1.29 is 21.6 Å². The number of hydrogen-bond acceptors (Lipinski definition) is 3. The van der Waals surface area contributed by atoms with Gasteiger partial charge in [-0.3, -0.25) is 0 Å². The Bertz CT molecular complexity index is 282. The molecule has 0 atom stereocenters. The standard InChI is InChI=1S/C6H10F3NO2S2/c7-6(8,9)1-4-14(11,12)10-2-3-13-5-10/h1-5H2. The van der Waals surface area contributed by atoms with Gasteiger partial charge in [0.15, 0.2) is 0 Å². The highest BCUT2D eigenvalue weighted by Crippen LogP contribution is 2.23. The summed E-state index contributed by atoms with van der Waals surface area (Å²) in [5.41, 5.74) is 0. The number of hydrogen-bond donors (Lipinski definition) is 0. The van der Waals surface area contributed by atoms with Gasteiger partial charge in [-0.15, -0.1) is 11.8 Å².